The number of aryl methyl sites for hydroxylation is 1. The van der Waals surface area contributed by atoms with E-state index in [0.29, 0.717) is 25.4 Å². The Hall–Kier alpha value is -0.460. The molecule has 1 aliphatic heterocycles. The third kappa shape index (κ3) is 4.26. The van der Waals surface area contributed by atoms with Gasteiger partial charge in [0.2, 0.25) is 10.0 Å². The van der Waals surface area contributed by atoms with Crippen molar-refractivity contribution >= 4 is 26.0 Å². The Balaban J connectivity index is 1.94. The van der Waals surface area contributed by atoms with Gasteiger partial charge < -0.3 is 0 Å². The van der Waals surface area contributed by atoms with Crippen LogP contribution < -0.4 is 0 Å². The molecule has 106 valence electrons. The molecule has 0 radical (unpaired) electrons. The number of rotatable bonds is 5. The fourth-order valence-corrected chi connectivity index (χ4v) is 4.41. The van der Waals surface area contributed by atoms with Gasteiger partial charge in [-0.15, -0.1) is 0 Å². The van der Waals surface area contributed by atoms with E-state index in [-0.39, 0.29) is 5.75 Å². The van der Waals surface area contributed by atoms with Gasteiger partial charge in [0.15, 0.2) is 0 Å². The van der Waals surface area contributed by atoms with Gasteiger partial charge in [-0.1, -0.05) is 22.0 Å². The highest BCUT2D eigenvalue weighted by Crippen LogP contribution is 2.21. The summed E-state index contributed by atoms with van der Waals surface area (Å²) in [6.07, 6.45) is 4.25. The first-order chi connectivity index (χ1) is 9.12. The van der Waals surface area contributed by atoms with Crippen LogP contribution in [0.25, 0.3) is 0 Å². The second kappa shape index (κ2) is 6.81. The standard InChI is InChI=1S/C13H19BrN2O2S/c14-10-12-4-3-8-16(11-12)19(17,18)9-6-13-5-1-2-7-15-13/h1-2,5,7,12H,3-4,6,8-11H2. The lowest BCUT2D eigenvalue weighted by atomic mass is 10.0. The molecular formula is C13H19BrN2O2S. The normalized spacial score (nSPS) is 21.4. The van der Waals surface area contributed by atoms with E-state index in [4.69, 9.17) is 0 Å². The van der Waals surface area contributed by atoms with Crippen LogP contribution >= 0.6 is 15.9 Å². The Morgan fingerprint density at radius 3 is 2.95 bits per heavy atom. The van der Waals surface area contributed by atoms with E-state index in [0.717, 1.165) is 23.9 Å². The van der Waals surface area contributed by atoms with Crippen molar-refractivity contribution in [1.82, 2.24) is 9.29 Å². The minimum absolute atomic E-state index is 0.152. The summed E-state index contributed by atoms with van der Waals surface area (Å²) in [6.45, 7) is 1.31. The zero-order valence-corrected chi connectivity index (χ0v) is 13.2. The molecule has 1 unspecified atom stereocenters. The summed E-state index contributed by atoms with van der Waals surface area (Å²) in [6, 6.07) is 5.59. The number of hydrogen-bond donors (Lipinski definition) is 0. The maximum absolute atomic E-state index is 12.3. The molecule has 0 aromatic carbocycles. The number of hydrogen-bond acceptors (Lipinski definition) is 3. The fourth-order valence-electron chi connectivity index (χ4n) is 2.31. The maximum atomic E-state index is 12.3. The Labute approximate surface area is 123 Å². The molecule has 0 N–H and O–H groups in total. The molecule has 2 heterocycles. The molecule has 0 aliphatic carbocycles. The van der Waals surface area contributed by atoms with E-state index < -0.39 is 10.0 Å². The number of piperidine rings is 1. The average Bonchev–Trinajstić information content (AvgIpc) is 2.46. The zero-order chi connectivity index (χ0) is 13.7. The summed E-state index contributed by atoms with van der Waals surface area (Å²) in [4.78, 5) is 4.17. The summed E-state index contributed by atoms with van der Waals surface area (Å²) in [7, 11) is -3.15. The van der Waals surface area contributed by atoms with Crippen LogP contribution in [-0.2, 0) is 16.4 Å². The van der Waals surface area contributed by atoms with Gasteiger partial charge in [0.25, 0.3) is 0 Å². The largest absolute Gasteiger partial charge is 0.261 e. The van der Waals surface area contributed by atoms with Gasteiger partial charge in [0, 0.05) is 36.7 Å². The Morgan fingerprint density at radius 1 is 1.42 bits per heavy atom. The van der Waals surface area contributed by atoms with E-state index in [1.165, 1.54) is 0 Å². The van der Waals surface area contributed by atoms with Crippen LogP contribution in [0.5, 0.6) is 0 Å². The van der Waals surface area contributed by atoms with Crippen LogP contribution in [0.1, 0.15) is 18.5 Å². The molecule has 1 aliphatic rings. The molecule has 1 aromatic rings. The molecular weight excluding hydrogens is 328 g/mol. The van der Waals surface area contributed by atoms with Gasteiger partial charge in [-0.3, -0.25) is 4.98 Å². The molecule has 0 spiro atoms. The lowest BCUT2D eigenvalue weighted by Crippen LogP contribution is -2.41. The topological polar surface area (TPSA) is 50.3 Å². The predicted octanol–water partition coefficient (Wildman–Crippen LogP) is 2.06. The molecule has 1 aromatic heterocycles. The molecule has 0 saturated carbocycles. The molecule has 1 atom stereocenters. The van der Waals surface area contributed by atoms with Crippen LogP contribution in [0.4, 0.5) is 0 Å². The number of alkyl halides is 1. The summed E-state index contributed by atoms with van der Waals surface area (Å²) in [5.41, 5.74) is 0.833. The van der Waals surface area contributed by atoms with Crippen molar-refractivity contribution in [1.29, 1.82) is 0 Å². The van der Waals surface area contributed by atoms with Crippen molar-refractivity contribution in [3.8, 4) is 0 Å². The van der Waals surface area contributed by atoms with E-state index in [9.17, 15) is 8.42 Å². The zero-order valence-electron chi connectivity index (χ0n) is 10.8. The molecule has 6 heteroatoms. The van der Waals surface area contributed by atoms with Crippen molar-refractivity contribution in [2.24, 2.45) is 5.92 Å². The van der Waals surface area contributed by atoms with Gasteiger partial charge in [0.05, 0.1) is 5.75 Å². The van der Waals surface area contributed by atoms with Crippen molar-refractivity contribution in [3.63, 3.8) is 0 Å². The van der Waals surface area contributed by atoms with E-state index in [1.807, 2.05) is 18.2 Å². The number of pyridine rings is 1. The monoisotopic (exact) mass is 346 g/mol. The first-order valence-electron chi connectivity index (χ1n) is 6.55. The smallest absolute Gasteiger partial charge is 0.214 e. The summed E-state index contributed by atoms with van der Waals surface area (Å²) in [5, 5.41) is 0.874. The van der Waals surface area contributed by atoms with E-state index >= 15 is 0 Å². The van der Waals surface area contributed by atoms with Crippen LogP contribution in [-0.4, -0.2) is 41.9 Å². The summed E-state index contributed by atoms with van der Waals surface area (Å²) < 4.78 is 26.3. The molecule has 1 saturated heterocycles. The van der Waals surface area contributed by atoms with Gasteiger partial charge in [-0.05, 0) is 30.9 Å². The highest BCUT2D eigenvalue weighted by molar-refractivity contribution is 9.09. The first-order valence-corrected chi connectivity index (χ1v) is 9.28. The molecule has 0 amide bonds. The fraction of sp³-hybridized carbons (Fsp3) is 0.615. The van der Waals surface area contributed by atoms with Crippen LogP contribution in [0.3, 0.4) is 0 Å². The maximum Gasteiger partial charge on any atom is 0.214 e. The number of sulfonamides is 1. The number of nitrogens with zero attached hydrogens (tertiary/aromatic N) is 2. The van der Waals surface area contributed by atoms with Gasteiger partial charge in [0.1, 0.15) is 0 Å². The van der Waals surface area contributed by atoms with Crippen molar-refractivity contribution in [2.75, 3.05) is 24.2 Å². The Morgan fingerprint density at radius 2 is 2.26 bits per heavy atom. The van der Waals surface area contributed by atoms with Gasteiger partial charge >= 0.3 is 0 Å². The highest BCUT2D eigenvalue weighted by Gasteiger charge is 2.28. The SMILES string of the molecule is O=S(=O)(CCc1ccccn1)N1CCCC(CBr)C1. The van der Waals surface area contributed by atoms with Gasteiger partial charge in [-0.2, -0.15) is 0 Å². The van der Waals surface area contributed by atoms with Crippen LogP contribution in [0, 0.1) is 5.92 Å². The predicted molar refractivity (Wildman–Crippen MR) is 79.8 cm³/mol. The Bertz CT molecular complexity index is 493. The van der Waals surface area contributed by atoms with Crippen molar-refractivity contribution in [3.05, 3.63) is 30.1 Å². The Kier molecular flexibility index (Phi) is 5.36. The van der Waals surface area contributed by atoms with Crippen molar-refractivity contribution < 1.29 is 8.42 Å². The van der Waals surface area contributed by atoms with Crippen LogP contribution in [0.15, 0.2) is 24.4 Å². The van der Waals surface area contributed by atoms with Crippen LogP contribution in [0.2, 0.25) is 0 Å². The van der Waals surface area contributed by atoms with E-state index in [2.05, 4.69) is 20.9 Å². The number of aromatic nitrogens is 1. The minimum atomic E-state index is -3.15. The first kappa shape index (κ1) is 14.9. The minimum Gasteiger partial charge on any atom is -0.261 e. The lowest BCUT2D eigenvalue weighted by molar-refractivity contribution is 0.285. The molecule has 1 fully saturated rings. The second-order valence-electron chi connectivity index (χ2n) is 4.91. The lowest BCUT2D eigenvalue weighted by Gasteiger charge is -2.31. The third-order valence-corrected chi connectivity index (χ3v) is 6.19. The quantitative estimate of drug-likeness (QED) is 0.766. The summed E-state index contributed by atoms with van der Waals surface area (Å²) >= 11 is 3.45. The molecule has 2 rings (SSSR count). The second-order valence-corrected chi connectivity index (χ2v) is 7.64. The summed E-state index contributed by atoms with van der Waals surface area (Å²) in [5.74, 6) is 0.595. The number of halogens is 1. The molecule has 0 bridgehead atoms. The molecule has 19 heavy (non-hydrogen) atoms. The van der Waals surface area contributed by atoms with Gasteiger partial charge in [-0.25, -0.2) is 12.7 Å². The van der Waals surface area contributed by atoms with Crippen molar-refractivity contribution in [2.45, 2.75) is 19.3 Å². The molecule has 4 nitrogen and oxygen atoms in total. The van der Waals surface area contributed by atoms with E-state index in [1.54, 1.807) is 10.5 Å². The third-order valence-electron chi connectivity index (χ3n) is 3.44. The highest BCUT2D eigenvalue weighted by atomic mass is 79.9. The average molecular weight is 347 g/mol.